The average molecular weight is 325 g/mol. The molecule has 1 N–H and O–H groups in total. The molecule has 0 bridgehead atoms. The van der Waals surface area contributed by atoms with Gasteiger partial charge in [-0.25, -0.2) is 0 Å². The average Bonchev–Trinajstić information content (AvgIpc) is 2.24. The molecule has 5 nitrogen and oxygen atoms in total. The van der Waals surface area contributed by atoms with Crippen LogP contribution in [0.15, 0.2) is 0 Å². The first-order valence-corrected chi connectivity index (χ1v) is 8.07. The van der Waals surface area contributed by atoms with Gasteiger partial charge in [0.05, 0.1) is 5.97 Å². The molecule has 8 heteroatoms. The van der Waals surface area contributed by atoms with Gasteiger partial charge in [-0.3, -0.25) is 4.55 Å². The minimum atomic E-state index is -4.53. The van der Waals surface area contributed by atoms with Crippen LogP contribution in [0.1, 0.15) is 64.7 Å². The molecule has 0 aromatic heterocycles. The third-order valence-electron chi connectivity index (χ3n) is 2.94. The van der Waals surface area contributed by atoms with Crippen molar-refractivity contribution >= 4 is 16.1 Å². The fourth-order valence-corrected chi connectivity index (χ4v) is 2.56. The second-order valence-electron chi connectivity index (χ2n) is 4.59. The Labute approximate surface area is 166 Å². The molecule has 0 saturated heterocycles. The summed E-state index contributed by atoms with van der Waals surface area (Å²) in [6, 6.07) is 0. The van der Waals surface area contributed by atoms with Crippen molar-refractivity contribution in [3.63, 3.8) is 0 Å². The van der Waals surface area contributed by atoms with E-state index in [-0.39, 0.29) is 65.5 Å². The van der Waals surface area contributed by atoms with E-state index in [1.807, 2.05) is 0 Å². The van der Waals surface area contributed by atoms with Crippen LogP contribution in [0.5, 0.6) is 0 Å². The minimum Gasteiger partial charge on any atom is -0.549 e. The van der Waals surface area contributed by atoms with Crippen LogP contribution in [0, 0.1) is 0 Å². The quantitative estimate of drug-likeness (QED) is 0.235. The van der Waals surface area contributed by atoms with Crippen molar-refractivity contribution in [1.29, 1.82) is 0 Å². The fraction of sp³-hybridized carbons (Fsp3) is 0.917. The van der Waals surface area contributed by atoms with Crippen LogP contribution >= 0.6 is 0 Å². The van der Waals surface area contributed by atoms with E-state index < -0.39 is 21.3 Å². The predicted octanol–water partition coefficient (Wildman–Crippen LogP) is -4.47. The van der Waals surface area contributed by atoms with E-state index in [1.54, 1.807) is 0 Å². The number of hydrogen-bond donors (Lipinski definition) is 1. The summed E-state index contributed by atoms with van der Waals surface area (Å²) in [5, 5.41) is 8.75. The largest absolute Gasteiger partial charge is 1.00 e. The van der Waals surface area contributed by atoms with Crippen molar-refractivity contribution in [2.24, 2.45) is 0 Å². The topological polar surface area (TPSA) is 94.5 Å². The molecule has 0 aliphatic carbocycles. The summed E-state index contributed by atoms with van der Waals surface area (Å²) < 4.78 is 30.2. The molecule has 1 unspecified atom stereocenters. The number of hydrogen-bond acceptors (Lipinski definition) is 4. The third kappa shape index (κ3) is 14.3. The van der Waals surface area contributed by atoms with Gasteiger partial charge < -0.3 is 9.90 Å². The van der Waals surface area contributed by atoms with Crippen LogP contribution in [-0.2, 0) is 14.9 Å². The predicted molar refractivity (Wildman–Crippen MR) is 67.6 cm³/mol. The van der Waals surface area contributed by atoms with Crippen molar-refractivity contribution in [2.75, 3.05) is 0 Å². The first-order chi connectivity index (χ1) is 8.39. The summed E-state index contributed by atoms with van der Waals surface area (Å²) >= 11 is 0. The Morgan fingerprint density at radius 2 is 1.40 bits per heavy atom. The molecule has 0 aromatic rings. The molecule has 0 spiro atoms. The number of carboxylic acid groups (broad SMARTS) is 1. The SMILES string of the molecule is CCCCCCCCCCC(C(=O)[O-])S(=O)(=O)O.[Na+].[Na+]. The first-order valence-electron chi connectivity index (χ1n) is 6.56. The van der Waals surface area contributed by atoms with E-state index in [2.05, 4.69) is 6.92 Å². The first kappa shape index (κ1) is 26.3. The summed E-state index contributed by atoms with van der Waals surface area (Å²) in [6.45, 7) is 2.15. The Morgan fingerprint density at radius 3 is 1.75 bits per heavy atom. The molecule has 0 aliphatic rings. The molecule has 20 heavy (non-hydrogen) atoms. The van der Waals surface area contributed by atoms with Crippen molar-refractivity contribution in [3.05, 3.63) is 0 Å². The van der Waals surface area contributed by atoms with Crippen molar-refractivity contribution in [2.45, 2.75) is 70.0 Å². The van der Waals surface area contributed by atoms with E-state index in [0.717, 1.165) is 25.7 Å². The number of carbonyl (C=O) groups excluding carboxylic acids is 1. The van der Waals surface area contributed by atoms with E-state index in [9.17, 15) is 18.3 Å². The number of carbonyl (C=O) groups is 1. The zero-order valence-electron chi connectivity index (χ0n) is 12.9. The van der Waals surface area contributed by atoms with Crippen LogP contribution in [0.25, 0.3) is 0 Å². The fourth-order valence-electron chi connectivity index (χ4n) is 1.85. The van der Waals surface area contributed by atoms with E-state index in [1.165, 1.54) is 19.3 Å². The van der Waals surface area contributed by atoms with Gasteiger partial charge in [-0.1, -0.05) is 58.3 Å². The molecule has 108 valence electrons. The molecule has 0 aliphatic heterocycles. The Balaban J connectivity index is -0.00000144. The third-order valence-corrected chi connectivity index (χ3v) is 4.09. The van der Waals surface area contributed by atoms with Crippen LogP contribution in [-0.4, -0.2) is 24.2 Å². The molecule has 0 rings (SSSR count). The van der Waals surface area contributed by atoms with Crippen LogP contribution in [0.3, 0.4) is 0 Å². The molecular weight excluding hydrogens is 302 g/mol. The molecule has 1 atom stereocenters. The summed E-state index contributed by atoms with van der Waals surface area (Å²) in [7, 11) is -4.53. The summed E-state index contributed by atoms with van der Waals surface area (Å²) in [4.78, 5) is 10.5. The second kappa shape index (κ2) is 15.3. The van der Waals surface area contributed by atoms with Gasteiger partial charge in [0.15, 0.2) is 0 Å². The van der Waals surface area contributed by atoms with Crippen LogP contribution in [0.2, 0.25) is 0 Å². The van der Waals surface area contributed by atoms with Crippen LogP contribution < -0.4 is 64.2 Å². The van der Waals surface area contributed by atoms with Gasteiger partial charge in [-0.2, -0.15) is 8.42 Å². The molecule has 0 fully saturated rings. The molecule has 0 aromatic carbocycles. The number of aliphatic carboxylic acids is 1. The molecule has 0 amide bonds. The maximum absolute atomic E-state index is 10.7. The Bertz CT molecular complexity index is 333. The zero-order valence-corrected chi connectivity index (χ0v) is 17.7. The Hall–Kier alpha value is 1.38. The normalized spacial score (nSPS) is 12.1. The van der Waals surface area contributed by atoms with Gasteiger partial charge in [-0.15, -0.1) is 0 Å². The maximum Gasteiger partial charge on any atom is 1.00 e. The van der Waals surface area contributed by atoms with E-state index in [0.29, 0.717) is 6.42 Å². The van der Waals surface area contributed by atoms with E-state index >= 15 is 0 Å². The standard InChI is InChI=1S/C12H24O5S.2Na/c1-2-3-4-5-6-7-8-9-10-11(12(13)14)18(15,16)17;;/h11H,2-10H2,1H3,(H,13,14)(H,15,16,17);;/q;2*+1/p-1. The zero-order chi connectivity index (χ0) is 14.0. The number of rotatable bonds is 11. The van der Waals surface area contributed by atoms with E-state index in [4.69, 9.17) is 4.55 Å². The second-order valence-corrected chi connectivity index (χ2v) is 6.19. The van der Waals surface area contributed by atoms with Gasteiger partial charge >= 0.3 is 59.1 Å². The minimum absolute atomic E-state index is 0. The summed E-state index contributed by atoms with van der Waals surface area (Å²) in [5.74, 6) is -1.72. The monoisotopic (exact) mass is 325 g/mol. The summed E-state index contributed by atoms with van der Waals surface area (Å²) in [5.41, 5.74) is 0. The van der Waals surface area contributed by atoms with Gasteiger partial charge in [0.1, 0.15) is 5.25 Å². The molecule has 0 heterocycles. The van der Waals surface area contributed by atoms with Crippen molar-refractivity contribution < 1.29 is 82.0 Å². The molecule has 0 radical (unpaired) electrons. The molecule has 0 saturated carbocycles. The number of unbranched alkanes of at least 4 members (excludes halogenated alkanes) is 7. The maximum atomic E-state index is 10.7. The van der Waals surface area contributed by atoms with Gasteiger partial charge in [-0.05, 0) is 6.42 Å². The van der Waals surface area contributed by atoms with Crippen molar-refractivity contribution in [1.82, 2.24) is 0 Å². The smallest absolute Gasteiger partial charge is 0.549 e. The Morgan fingerprint density at radius 1 is 1.00 bits per heavy atom. The van der Waals surface area contributed by atoms with Gasteiger partial charge in [0.25, 0.3) is 10.1 Å². The van der Waals surface area contributed by atoms with Crippen molar-refractivity contribution in [3.8, 4) is 0 Å². The summed E-state index contributed by atoms with van der Waals surface area (Å²) in [6.07, 6.45) is 8.04. The van der Waals surface area contributed by atoms with Gasteiger partial charge in [0, 0.05) is 0 Å². The van der Waals surface area contributed by atoms with Gasteiger partial charge in [0.2, 0.25) is 0 Å². The number of carboxylic acids is 1. The van der Waals surface area contributed by atoms with Crippen LogP contribution in [0.4, 0.5) is 0 Å². The molecular formula is C12H23Na2O5S+. The Kier molecular flexibility index (Phi) is 20.1.